The number of carbonyl (C=O) groups is 1. The van der Waals surface area contributed by atoms with Crippen LogP contribution in [0.5, 0.6) is 11.8 Å². The summed E-state index contributed by atoms with van der Waals surface area (Å²) >= 11 is 1.25. The molecule has 1 aromatic carbocycles. The molecule has 1 aliphatic rings. The van der Waals surface area contributed by atoms with Crippen molar-refractivity contribution in [2.45, 2.75) is 19.3 Å². The lowest BCUT2D eigenvalue weighted by Crippen LogP contribution is -2.31. The van der Waals surface area contributed by atoms with Gasteiger partial charge in [-0.1, -0.05) is 11.3 Å². The summed E-state index contributed by atoms with van der Waals surface area (Å²) in [7, 11) is 3.20. The number of nitrogen functional groups attached to an aromatic ring is 1. The second kappa shape index (κ2) is 8.80. The Kier molecular flexibility index (Phi) is 5.94. The van der Waals surface area contributed by atoms with Crippen molar-refractivity contribution in [1.82, 2.24) is 24.8 Å². The zero-order chi connectivity index (χ0) is 22.0. The third-order valence-electron chi connectivity index (χ3n) is 4.77. The van der Waals surface area contributed by atoms with E-state index in [9.17, 15) is 9.18 Å². The van der Waals surface area contributed by atoms with Gasteiger partial charge in [0.25, 0.3) is 5.91 Å². The van der Waals surface area contributed by atoms with Gasteiger partial charge in [0.2, 0.25) is 5.95 Å². The van der Waals surface area contributed by atoms with Gasteiger partial charge < -0.3 is 20.3 Å². The van der Waals surface area contributed by atoms with Gasteiger partial charge in [0.1, 0.15) is 0 Å². The van der Waals surface area contributed by atoms with Crippen LogP contribution in [0.2, 0.25) is 0 Å². The van der Waals surface area contributed by atoms with Crippen molar-refractivity contribution in [3.63, 3.8) is 0 Å². The Bertz CT molecular complexity index is 1100. The average molecular weight is 444 g/mol. The number of anilines is 2. The first-order chi connectivity index (χ1) is 14.9. The SMILES string of the molecule is CN(C)C(=O)c1ccc(Oc2nc(-c3cnc(N)s3)nc(N3CCCCC3)n2)c(F)c1. The van der Waals surface area contributed by atoms with E-state index in [1.807, 2.05) is 0 Å². The van der Waals surface area contributed by atoms with Crippen molar-refractivity contribution in [2.75, 3.05) is 37.8 Å². The first-order valence-electron chi connectivity index (χ1n) is 9.82. The molecule has 0 radical (unpaired) electrons. The molecular formula is C20H22FN7O2S. The number of ether oxygens (including phenoxy) is 1. The first-order valence-corrected chi connectivity index (χ1v) is 10.6. The molecule has 0 unspecified atom stereocenters. The fourth-order valence-corrected chi connectivity index (χ4v) is 3.82. The first kappa shape index (κ1) is 20.9. The molecule has 1 amide bonds. The minimum atomic E-state index is -0.684. The monoisotopic (exact) mass is 443 g/mol. The molecule has 9 nitrogen and oxygen atoms in total. The molecule has 3 heterocycles. The number of benzene rings is 1. The summed E-state index contributed by atoms with van der Waals surface area (Å²) in [5.74, 6) is -0.244. The summed E-state index contributed by atoms with van der Waals surface area (Å²) in [5.41, 5.74) is 5.97. The molecule has 1 fully saturated rings. The Labute approximate surface area is 182 Å². The van der Waals surface area contributed by atoms with Crippen molar-refractivity contribution in [3.05, 3.63) is 35.8 Å². The lowest BCUT2D eigenvalue weighted by atomic mass is 10.1. The maximum atomic E-state index is 14.6. The third-order valence-corrected chi connectivity index (χ3v) is 5.59. The Balaban J connectivity index is 1.68. The molecule has 1 aliphatic heterocycles. The summed E-state index contributed by atoms with van der Waals surface area (Å²) < 4.78 is 20.3. The lowest BCUT2D eigenvalue weighted by Gasteiger charge is -2.26. The quantitative estimate of drug-likeness (QED) is 0.640. The minimum Gasteiger partial charge on any atom is -0.421 e. The van der Waals surface area contributed by atoms with Crippen LogP contribution in [0, 0.1) is 5.82 Å². The molecule has 0 saturated carbocycles. The number of aromatic nitrogens is 4. The van der Waals surface area contributed by atoms with Crippen molar-refractivity contribution in [2.24, 2.45) is 0 Å². The molecule has 0 aliphatic carbocycles. The van der Waals surface area contributed by atoms with Crippen LogP contribution in [0.25, 0.3) is 10.7 Å². The van der Waals surface area contributed by atoms with Crippen LogP contribution in [-0.2, 0) is 0 Å². The highest BCUT2D eigenvalue weighted by atomic mass is 32.1. The zero-order valence-electron chi connectivity index (χ0n) is 17.2. The van der Waals surface area contributed by atoms with Crippen LogP contribution in [0.3, 0.4) is 0 Å². The predicted octanol–water partition coefficient (Wildman–Crippen LogP) is 3.20. The fourth-order valence-electron chi connectivity index (χ4n) is 3.20. The maximum absolute atomic E-state index is 14.6. The van der Waals surface area contributed by atoms with Gasteiger partial charge in [-0.2, -0.15) is 15.0 Å². The number of thiazole rings is 1. The zero-order valence-corrected chi connectivity index (χ0v) is 18.0. The van der Waals surface area contributed by atoms with Crippen LogP contribution in [0.4, 0.5) is 15.5 Å². The Hall–Kier alpha value is -3.34. The van der Waals surface area contributed by atoms with Crippen molar-refractivity contribution >= 4 is 28.3 Å². The minimum absolute atomic E-state index is 0.0388. The second-order valence-corrected chi connectivity index (χ2v) is 8.36. The van der Waals surface area contributed by atoms with Crippen LogP contribution in [-0.4, -0.2) is 57.9 Å². The molecule has 1 saturated heterocycles. The molecule has 4 rings (SSSR count). The normalized spacial score (nSPS) is 13.8. The summed E-state index contributed by atoms with van der Waals surface area (Å²) in [6, 6.07) is 3.98. The Morgan fingerprint density at radius 2 is 1.97 bits per heavy atom. The van der Waals surface area contributed by atoms with Crippen LogP contribution >= 0.6 is 11.3 Å². The van der Waals surface area contributed by atoms with Crippen molar-refractivity contribution in [1.29, 1.82) is 0 Å². The van der Waals surface area contributed by atoms with Gasteiger partial charge in [-0.25, -0.2) is 9.37 Å². The Morgan fingerprint density at radius 3 is 2.61 bits per heavy atom. The highest BCUT2D eigenvalue weighted by Crippen LogP contribution is 2.30. The van der Waals surface area contributed by atoms with Gasteiger partial charge in [0, 0.05) is 32.7 Å². The molecule has 0 atom stereocenters. The number of halogens is 1. The van der Waals surface area contributed by atoms with E-state index in [4.69, 9.17) is 10.5 Å². The maximum Gasteiger partial charge on any atom is 0.327 e. The number of rotatable bonds is 5. The van der Waals surface area contributed by atoms with E-state index in [1.54, 1.807) is 20.3 Å². The molecule has 3 aromatic rings. The van der Waals surface area contributed by atoms with Gasteiger partial charge in [-0.3, -0.25) is 4.79 Å². The molecule has 162 valence electrons. The van der Waals surface area contributed by atoms with E-state index in [0.717, 1.165) is 38.4 Å². The molecule has 2 N–H and O–H groups in total. The van der Waals surface area contributed by atoms with Crippen LogP contribution in [0.15, 0.2) is 24.4 Å². The Morgan fingerprint density at radius 1 is 1.19 bits per heavy atom. The standard InChI is InChI=1S/C20H22FN7O2S/c1-27(2)17(29)12-6-7-14(13(21)10-12)30-20-25-16(15-11-23-18(22)31-15)24-19(26-20)28-8-4-3-5-9-28/h6-7,10-11H,3-5,8-9H2,1-2H3,(H2,22,23). The lowest BCUT2D eigenvalue weighted by molar-refractivity contribution is 0.0827. The van der Waals surface area contributed by atoms with E-state index in [1.165, 1.54) is 28.4 Å². The molecule has 31 heavy (non-hydrogen) atoms. The number of amides is 1. The smallest absolute Gasteiger partial charge is 0.327 e. The number of carbonyl (C=O) groups excluding carboxylic acids is 1. The highest BCUT2D eigenvalue weighted by Gasteiger charge is 2.20. The number of piperidine rings is 1. The molecular weight excluding hydrogens is 421 g/mol. The summed E-state index contributed by atoms with van der Waals surface area (Å²) in [6.07, 6.45) is 4.83. The molecule has 0 bridgehead atoms. The van der Waals surface area contributed by atoms with Gasteiger partial charge >= 0.3 is 6.01 Å². The molecule has 11 heteroatoms. The average Bonchev–Trinajstić information content (AvgIpc) is 3.21. The number of hydrogen-bond acceptors (Lipinski definition) is 9. The van der Waals surface area contributed by atoms with E-state index in [0.29, 0.717) is 21.8 Å². The van der Waals surface area contributed by atoms with Gasteiger partial charge in [-0.15, -0.1) is 0 Å². The summed E-state index contributed by atoms with van der Waals surface area (Å²) in [4.78, 5) is 33.5. The number of nitrogens with two attached hydrogens (primary N) is 1. The summed E-state index contributed by atoms with van der Waals surface area (Å²) in [5, 5.41) is 0.393. The van der Waals surface area contributed by atoms with Gasteiger partial charge in [0.15, 0.2) is 22.5 Å². The van der Waals surface area contributed by atoms with Gasteiger partial charge in [-0.05, 0) is 37.5 Å². The predicted molar refractivity (Wildman–Crippen MR) is 116 cm³/mol. The van der Waals surface area contributed by atoms with Crippen molar-refractivity contribution < 1.29 is 13.9 Å². The van der Waals surface area contributed by atoms with E-state index in [2.05, 4.69) is 24.8 Å². The largest absolute Gasteiger partial charge is 0.421 e. The van der Waals surface area contributed by atoms with E-state index in [-0.39, 0.29) is 23.2 Å². The second-order valence-electron chi connectivity index (χ2n) is 7.30. The van der Waals surface area contributed by atoms with Crippen LogP contribution in [0.1, 0.15) is 29.6 Å². The fraction of sp³-hybridized carbons (Fsp3) is 0.350. The summed E-state index contributed by atoms with van der Waals surface area (Å²) in [6.45, 7) is 1.65. The van der Waals surface area contributed by atoms with Crippen LogP contribution < -0.4 is 15.4 Å². The number of nitrogens with zero attached hydrogens (tertiary/aromatic N) is 6. The number of hydrogen-bond donors (Lipinski definition) is 1. The molecule has 0 spiro atoms. The van der Waals surface area contributed by atoms with E-state index >= 15 is 0 Å². The van der Waals surface area contributed by atoms with Crippen molar-refractivity contribution in [3.8, 4) is 22.5 Å². The molecule has 2 aromatic heterocycles. The highest BCUT2D eigenvalue weighted by molar-refractivity contribution is 7.18. The van der Waals surface area contributed by atoms with E-state index < -0.39 is 5.82 Å². The topological polar surface area (TPSA) is 110 Å². The van der Waals surface area contributed by atoms with Gasteiger partial charge in [0.05, 0.1) is 11.1 Å². The third kappa shape index (κ3) is 4.71.